The summed E-state index contributed by atoms with van der Waals surface area (Å²) in [6, 6.07) is 0.429. The third-order valence-electron chi connectivity index (χ3n) is 3.22. The molecule has 100 valence electrons. The van der Waals surface area contributed by atoms with E-state index in [0.29, 0.717) is 6.04 Å². The molecule has 1 N–H and O–H groups in total. The van der Waals surface area contributed by atoms with Crippen molar-refractivity contribution in [3.8, 4) is 0 Å². The molecule has 1 atom stereocenters. The molecule has 1 aromatic heterocycles. The Labute approximate surface area is 109 Å². The lowest BCUT2D eigenvalue weighted by molar-refractivity contribution is 0.193. The van der Waals surface area contributed by atoms with Crippen LogP contribution in [0.25, 0.3) is 0 Å². The highest BCUT2D eigenvalue weighted by Gasteiger charge is 2.21. The van der Waals surface area contributed by atoms with Gasteiger partial charge in [0.15, 0.2) is 0 Å². The Hall–Kier alpha value is -1.20. The minimum atomic E-state index is 0.429. The standard InChI is InChI=1S/C13H22N4O/c1-3-5-14-7-11-8-15-9-13(16-11)17(2)12-4-6-18-10-12/h8-9,12,14H,3-7,10H2,1-2H3. The first-order valence-electron chi connectivity index (χ1n) is 6.63. The number of nitrogens with zero attached hydrogens (tertiary/aromatic N) is 3. The van der Waals surface area contributed by atoms with Gasteiger partial charge in [-0.1, -0.05) is 6.92 Å². The van der Waals surface area contributed by atoms with E-state index in [1.807, 2.05) is 12.4 Å². The van der Waals surface area contributed by atoms with E-state index < -0.39 is 0 Å². The van der Waals surface area contributed by atoms with Gasteiger partial charge in [-0.05, 0) is 19.4 Å². The maximum atomic E-state index is 5.41. The van der Waals surface area contributed by atoms with E-state index in [1.54, 1.807) is 0 Å². The van der Waals surface area contributed by atoms with Crippen LogP contribution in [0.2, 0.25) is 0 Å². The Morgan fingerprint density at radius 3 is 3.11 bits per heavy atom. The number of rotatable bonds is 6. The van der Waals surface area contributed by atoms with Crippen LogP contribution in [-0.2, 0) is 11.3 Å². The van der Waals surface area contributed by atoms with Crippen molar-refractivity contribution in [1.29, 1.82) is 0 Å². The van der Waals surface area contributed by atoms with Crippen LogP contribution in [0, 0.1) is 0 Å². The highest BCUT2D eigenvalue weighted by Crippen LogP contribution is 2.17. The second-order valence-electron chi connectivity index (χ2n) is 4.67. The lowest BCUT2D eigenvalue weighted by Gasteiger charge is -2.24. The lowest BCUT2D eigenvalue weighted by Crippen LogP contribution is -2.32. The highest BCUT2D eigenvalue weighted by atomic mass is 16.5. The highest BCUT2D eigenvalue weighted by molar-refractivity contribution is 5.37. The van der Waals surface area contributed by atoms with Gasteiger partial charge in [0.25, 0.3) is 0 Å². The van der Waals surface area contributed by atoms with Crippen molar-refractivity contribution in [1.82, 2.24) is 15.3 Å². The second-order valence-corrected chi connectivity index (χ2v) is 4.67. The number of likely N-dealkylation sites (N-methyl/N-ethyl adjacent to an activating group) is 1. The molecule has 1 aliphatic heterocycles. The molecule has 1 aliphatic rings. The van der Waals surface area contributed by atoms with Crippen molar-refractivity contribution in [2.24, 2.45) is 0 Å². The Morgan fingerprint density at radius 2 is 2.39 bits per heavy atom. The van der Waals surface area contributed by atoms with Gasteiger partial charge in [-0.2, -0.15) is 0 Å². The maximum absolute atomic E-state index is 5.41. The second kappa shape index (κ2) is 6.66. The lowest BCUT2D eigenvalue weighted by atomic mass is 10.2. The van der Waals surface area contributed by atoms with E-state index in [-0.39, 0.29) is 0 Å². The smallest absolute Gasteiger partial charge is 0.147 e. The van der Waals surface area contributed by atoms with Crippen molar-refractivity contribution >= 4 is 5.82 Å². The molecule has 0 saturated carbocycles. The van der Waals surface area contributed by atoms with Gasteiger partial charge in [-0.25, -0.2) is 4.98 Å². The summed E-state index contributed by atoms with van der Waals surface area (Å²) >= 11 is 0. The van der Waals surface area contributed by atoms with Crippen LogP contribution in [-0.4, -0.2) is 42.8 Å². The fourth-order valence-corrected chi connectivity index (χ4v) is 2.06. The summed E-state index contributed by atoms with van der Waals surface area (Å²) in [4.78, 5) is 11.1. The van der Waals surface area contributed by atoms with Gasteiger partial charge in [0.1, 0.15) is 5.82 Å². The van der Waals surface area contributed by atoms with Gasteiger partial charge in [-0.15, -0.1) is 0 Å². The molecule has 0 spiro atoms. The van der Waals surface area contributed by atoms with Gasteiger partial charge >= 0.3 is 0 Å². The molecule has 5 nitrogen and oxygen atoms in total. The number of hydrogen-bond acceptors (Lipinski definition) is 5. The summed E-state index contributed by atoms with van der Waals surface area (Å²) < 4.78 is 5.41. The maximum Gasteiger partial charge on any atom is 0.147 e. The normalized spacial score (nSPS) is 19.1. The zero-order valence-electron chi connectivity index (χ0n) is 11.2. The summed E-state index contributed by atoms with van der Waals surface area (Å²) in [6.45, 7) is 5.58. The number of aromatic nitrogens is 2. The average Bonchev–Trinajstić information content (AvgIpc) is 2.92. The molecule has 1 unspecified atom stereocenters. The number of hydrogen-bond donors (Lipinski definition) is 1. The SMILES string of the molecule is CCCNCc1cncc(N(C)C2CCOC2)n1. The first-order chi connectivity index (χ1) is 8.81. The predicted molar refractivity (Wildman–Crippen MR) is 71.7 cm³/mol. The summed E-state index contributed by atoms with van der Waals surface area (Å²) in [7, 11) is 2.06. The molecule has 5 heteroatoms. The molecule has 0 aromatic carbocycles. The molecule has 1 saturated heterocycles. The van der Waals surface area contributed by atoms with Crippen molar-refractivity contribution in [3.05, 3.63) is 18.1 Å². The number of anilines is 1. The van der Waals surface area contributed by atoms with E-state index >= 15 is 0 Å². The zero-order valence-corrected chi connectivity index (χ0v) is 11.2. The molecule has 0 amide bonds. The summed E-state index contributed by atoms with van der Waals surface area (Å²) in [6.07, 6.45) is 5.84. The van der Waals surface area contributed by atoms with Crippen molar-refractivity contribution in [2.45, 2.75) is 32.4 Å². The predicted octanol–water partition coefficient (Wildman–Crippen LogP) is 1.20. The van der Waals surface area contributed by atoms with Crippen molar-refractivity contribution in [3.63, 3.8) is 0 Å². The molecule has 2 rings (SSSR count). The fraction of sp³-hybridized carbons (Fsp3) is 0.692. The van der Waals surface area contributed by atoms with Crippen molar-refractivity contribution < 1.29 is 4.74 Å². The van der Waals surface area contributed by atoms with Crippen LogP contribution in [0.3, 0.4) is 0 Å². The topological polar surface area (TPSA) is 50.3 Å². The van der Waals surface area contributed by atoms with Gasteiger partial charge in [-0.3, -0.25) is 4.98 Å². The Morgan fingerprint density at radius 1 is 1.50 bits per heavy atom. The van der Waals surface area contributed by atoms with Crippen LogP contribution in [0.4, 0.5) is 5.82 Å². The third-order valence-corrected chi connectivity index (χ3v) is 3.22. The van der Waals surface area contributed by atoms with E-state index in [9.17, 15) is 0 Å². The zero-order chi connectivity index (χ0) is 12.8. The summed E-state index contributed by atoms with van der Waals surface area (Å²) in [5.74, 6) is 0.932. The molecule has 0 aliphatic carbocycles. The van der Waals surface area contributed by atoms with Crippen LogP contribution < -0.4 is 10.2 Å². The van der Waals surface area contributed by atoms with Crippen molar-refractivity contribution in [2.75, 3.05) is 31.7 Å². The Balaban J connectivity index is 1.97. The molecule has 0 radical (unpaired) electrons. The van der Waals surface area contributed by atoms with E-state index in [0.717, 1.165) is 50.7 Å². The van der Waals surface area contributed by atoms with Gasteiger partial charge in [0, 0.05) is 26.4 Å². The first kappa shape index (κ1) is 13.2. The quantitative estimate of drug-likeness (QED) is 0.769. The summed E-state index contributed by atoms with van der Waals surface area (Å²) in [5.41, 5.74) is 0.992. The monoisotopic (exact) mass is 250 g/mol. The van der Waals surface area contributed by atoms with Gasteiger partial charge in [0.05, 0.1) is 24.5 Å². The molecular formula is C13H22N4O. The van der Waals surface area contributed by atoms with Gasteiger partial charge < -0.3 is 15.0 Å². The van der Waals surface area contributed by atoms with E-state index in [1.165, 1.54) is 0 Å². The summed E-state index contributed by atoms with van der Waals surface area (Å²) in [5, 5.41) is 3.34. The molecule has 1 aromatic rings. The van der Waals surface area contributed by atoms with Crippen LogP contribution in [0.5, 0.6) is 0 Å². The Kier molecular flexibility index (Phi) is 4.90. The molecule has 18 heavy (non-hydrogen) atoms. The largest absolute Gasteiger partial charge is 0.379 e. The molecule has 0 bridgehead atoms. The minimum Gasteiger partial charge on any atom is -0.379 e. The molecule has 2 heterocycles. The number of nitrogens with one attached hydrogen (secondary N) is 1. The van der Waals surface area contributed by atoms with E-state index in [4.69, 9.17) is 4.74 Å². The third kappa shape index (κ3) is 3.40. The van der Waals surface area contributed by atoms with Gasteiger partial charge in [0.2, 0.25) is 0 Å². The van der Waals surface area contributed by atoms with E-state index in [2.05, 4.69) is 34.2 Å². The average molecular weight is 250 g/mol. The Bertz CT molecular complexity index is 366. The minimum absolute atomic E-state index is 0.429. The molecule has 1 fully saturated rings. The first-order valence-corrected chi connectivity index (χ1v) is 6.63. The molecular weight excluding hydrogens is 228 g/mol. The van der Waals surface area contributed by atoms with Crippen LogP contribution in [0.1, 0.15) is 25.5 Å². The fourth-order valence-electron chi connectivity index (χ4n) is 2.06. The van der Waals surface area contributed by atoms with Crippen LogP contribution >= 0.6 is 0 Å². The van der Waals surface area contributed by atoms with Crippen LogP contribution in [0.15, 0.2) is 12.4 Å². The number of ether oxygens (including phenoxy) is 1.